The lowest BCUT2D eigenvalue weighted by atomic mass is 9.98. The van der Waals surface area contributed by atoms with Crippen molar-refractivity contribution >= 4 is 10.9 Å². The van der Waals surface area contributed by atoms with E-state index in [-0.39, 0.29) is 6.04 Å². The van der Waals surface area contributed by atoms with Crippen molar-refractivity contribution in [3.63, 3.8) is 0 Å². The standard InChI is InChI=1S/C16H19N5/c1-3-17-15(10-16-19-11-20-21(16)2)13-6-4-8-14-12(13)7-5-9-18-14/h4-9,11,15,17H,3,10H2,1-2H3. The van der Waals surface area contributed by atoms with E-state index in [1.54, 1.807) is 6.33 Å². The maximum atomic E-state index is 4.44. The molecule has 5 heteroatoms. The van der Waals surface area contributed by atoms with Crippen molar-refractivity contribution < 1.29 is 0 Å². The van der Waals surface area contributed by atoms with E-state index in [9.17, 15) is 0 Å². The van der Waals surface area contributed by atoms with E-state index in [2.05, 4.69) is 45.5 Å². The summed E-state index contributed by atoms with van der Waals surface area (Å²) in [7, 11) is 1.93. The second-order valence-electron chi connectivity index (χ2n) is 5.03. The van der Waals surface area contributed by atoms with Crippen LogP contribution in [0.3, 0.4) is 0 Å². The molecule has 0 saturated carbocycles. The van der Waals surface area contributed by atoms with Gasteiger partial charge in [-0.15, -0.1) is 0 Å². The number of nitrogens with zero attached hydrogens (tertiary/aromatic N) is 4. The molecule has 3 rings (SSSR count). The Hall–Kier alpha value is -2.27. The number of benzene rings is 1. The fourth-order valence-corrected chi connectivity index (χ4v) is 2.66. The number of likely N-dealkylation sites (N-methyl/N-ethyl adjacent to an activating group) is 1. The van der Waals surface area contributed by atoms with Crippen LogP contribution in [0.5, 0.6) is 0 Å². The van der Waals surface area contributed by atoms with E-state index in [4.69, 9.17) is 0 Å². The molecule has 0 bridgehead atoms. The van der Waals surface area contributed by atoms with Crippen LogP contribution in [0, 0.1) is 0 Å². The molecule has 108 valence electrons. The van der Waals surface area contributed by atoms with Crippen LogP contribution in [0.2, 0.25) is 0 Å². The predicted molar refractivity (Wildman–Crippen MR) is 82.9 cm³/mol. The van der Waals surface area contributed by atoms with Crippen molar-refractivity contribution in [2.75, 3.05) is 6.54 Å². The SMILES string of the molecule is CCNC(Cc1ncnn1C)c1cccc2ncccc12. The first kappa shape index (κ1) is 13.7. The fraction of sp³-hybridized carbons (Fsp3) is 0.312. The molecule has 0 aliphatic rings. The third-order valence-electron chi connectivity index (χ3n) is 3.70. The van der Waals surface area contributed by atoms with Gasteiger partial charge in [0.05, 0.1) is 5.52 Å². The number of aromatic nitrogens is 4. The van der Waals surface area contributed by atoms with E-state index in [1.807, 2.05) is 30.1 Å². The average Bonchev–Trinajstić information content (AvgIpc) is 2.91. The topological polar surface area (TPSA) is 55.6 Å². The molecule has 0 aliphatic heterocycles. The van der Waals surface area contributed by atoms with Crippen molar-refractivity contribution in [3.8, 4) is 0 Å². The summed E-state index contributed by atoms with van der Waals surface area (Å²) in [5.41, 5.74) is 2.28. The molecular formula is C16H19N5. The van der Waals surface area contributed by atoms with Crippen LogP contribution in [-0.4, -0.2) is 26.3 Å². The van der Waals surface area contributed by atoms with Crippen molar-refractivity contribution in [2.45, 2.75) is 19.4 Å². The van der Waals surface area contributed by atoms with E-state index in [1.165, 1.54) is 10.9 Å². The van der Waals surface area contributed by atoms with Gasteiger partial charge >= 0.3 is 0 Å². The summed E-state index contributed by atoms with van der Waals surface area (Å²) in [6.45, 7) is 3.02. The highest BCUT2D eigenvalue weighted by Crippen LogP contribution is 2.25. The number of pyridine rings is 1. The number of rotatable bonds is 5. The van der Waals surface area contributed by atoms with Crippen molar-refractivity contribution in [1.82, 2.24) is 25.1 Å². The Bertz CT molecular complexity index is 729. The zero-order valence-electron chi connectivity index (χ0n) is 12.3. The van der Waals surface area contributed by atoms with Gasteiger partial charge in [-0.1, -0.05) is 25.1 Å². The van der Waals surface area contributed by atoms with E-state index in [0.717, 1.165) is 24.3 Å². The third kappa shape index (κ3) is 2.78. The highest BCUT2D eigenvalue weighted by molar-refractivity contribution is 5.82. The van der Waals surface area contributed by atoms with Gasteiger partial charge in [0.15, 0.2) is 0 Å². The molecule has 1 unspecified atom stereocenters. The highest BCUT2D eigenvalue weighted by Gasteiger charge is 2.16. The minimum atomic E-state index is 0.200. The Labute approximate surface area is 124 Å². The Morgan fingerprint density at radius 3 is 2.86 bits per heavy atom. The van der Waals surface area contributed by atoms with Gasteiger partial charge in [-0.05, 0) is 24.2 Å². The number of hydrogen-bond donors (Lipinski definition) is 1. The average molecular weight is 281 g/mol. The fourth-order valence-electron chi connectivity index (χ4n) is 2.66. The smallest absolute Gasteiger partial charge is 0.138 e. The summed E-state index contributed by atoms with van der Waals surface area (Å²) < 4.78 is 1.83. The largest absolute Gasteiger partial charge is 0.310 e. The Balaban J connectivity index is 2.01. The summed E-state index contributed by atoms with van der Waals surface area (Å²) >= 11 is 0. The van der Waals surface area contributed by atoms with Crippen LogP contribution in [-0.2, 0) is 13.5 Å². The lowest BCUT2D eigenvalue weighted by Crippen LogP contribution is -2.24. The minimum Gasteiger partial charge on any atom is -0.310 e. The third-order valence-corrected chi connectivity index (χ3v) is 3.70. The molecule has 0 spiro atoms. The van der Waals surface area contributed by atoms with Crippen molar-refractivity contribution in [1.29, 1.82) is 0 Å². The molecule has 1 N–H and O–H groups in total. The number of aryl methyl sites for hydroxylation is 1. The zero-order valence-corrected chi connectivity index (χ0v) is 12.3. The molecule has 2 heterocycles. The molecular weight excluding hydrogens is 262 g/mol. The number of nitrogens with one attached hydrogen (secondary N) is 1. The van der Waals surface area contributed by atoms with Gasteiger partial charge in [-0.2, -0.15) is 5.10 Å². The van der Waals surface area contributed by atoms with E-state index in [0.29, 0.717) is 0 Å². The lowest BCUT2D eigenvalue weighted by molar-refractivity contribution is 0.525. The Morgan fingerprint density at radius 2 is 2.10 bits per heavy atom. The molecule has 2 aromatic heterocycles. The summed E-state index contributed by atoms with van der Waals surface area (Å²) in [5, 5.41) is 8.89. The van der Waals surface area contributed by atoms with Crippen LogP contribution in [0.25, 0.3) is 10.9 Å². The molecule has 5 nitrogen and oxygen atoms in total. The Morgan fingerprint density at radius 1 is 1.19 bits per heavy atom. The van der Waals surface area contributed by atoms with Gasteiger partial charge in [0.1, 0.15) is 12.2 Å². The second-order valence-corrected chi connectivity index (χ2v) is 5.03. The van der Waals surface area contributed by atoms with E-state index < -0.39 is 0 Å². The van der Waals surface area contributed by atoms with Gasteiger partial charge in [-0.3, -0.25) is 9.67 Å². The molecule has 21 heavy (non-hydrogen) atoms. The van der Waals surface area contributed by atoms with Crippen molar-refractivity contribution in [2.24, 2.45) is 7.05 Å². The van der Waals surface area contributed by atoms with Crippen LogP contribution < -0.4 is 5.32 Å². The first-order valence-electron chi connectivity index (χ1n) is 7.19. The maximum absolute atomic E-state index is 4.44. The van der Waals surface area contributed by atoms with Gasteiger partial charge in [0.25, 0.3) is 0 Å². The minimum absolute atomic E-state index is 0.200. The first-order valence-corrected chi connectivity index (χ1v) is 7.19. The van der Waals surface area contributed by atoms with E-state index >= 15 is 0 Å². The molecule has 1 atom stereocenters. The maximum Gasteiger partial charge on any atom is 0.138 e. The Kier molecular flexibility index (Phi) is 3.92. The second kappa shape index (κ2) is 6.01. The molecule has 0 radical (unpaired) electrons. The lowest BCUT2D eigenvalue weighted by Gasteiger charge is -2.19. The van der Waals surface area contributed by atoms with Crippen LogP contribution in [0.4, 0.5) is 0 Å². The summed E-state index contributed by atoms with van der Waals surface area (Å²) in [6.07, 6.45) is 4.23. The molecule has 0 fully saturated rings. The number of fused-ring (bicyclic) bond motifs is 1. The van der Waals surface area contributed by atoms with Gasteiger partial charge < -0.3 is 5.32 Å². The first-order chi connectivity index (χ1) is 10.3. The molecule has 1 aromatic carbocycles. The normalized spacial score (nSPS) is 12.7. The summed E-state index contributed by atoms with van der Waals surface area (Å²) in [6, 6.07) is 10.6. The molecule has 0 saturated heterocycles. The zero-order chi connectivity index (χ0) is 14.7. The molecule has 3 aromatic rings. The molecule has 0 amide bonds. The summed E-state index contributed by atoms with van der Waals surface area (Å²) in [5.74, 6) is 0.974. The van der Waals surface area contributed by atoms with Crippen molar-refractivity contribution in [3.05, 3.63) is 54.2 Å². The quantitative estimate of drug-likeness (QED) is 0.779. The van der Waals surface area contributed by atoms with Crippen LogP contribution in [0.1, 0.15) is 24.4 Å². The van der Waals surface area contributed by atoms with Gasteiger partial charge in [0.2, 0.25) is 0 Å². The highest BCUT2D eigenvalue weighted by atomic mass is 15.3. The predicted octanol–water partition coefficient (Wildman–Crippen LogP) is 2.26. The van der Waals surface area contributed by atoms with Crippen LogP contribution >= 0.6 is 0 Å². The monoisotopic (exact) mass is 281 g/mol. The van der Waals surface area contributed by atoms with Crippen LogP contribution in [0.15, 0.2) is 42.9 Å². The molecule has 0 aliphatic carbocycles. The van der Waals surface area contributed by atoms with Gasteiger partial charge in [-0.25, -0.2) is 4.98 Å². The number of hydrogen-bond acceptors (Lipinski definition) is 4. The summed E-state index contributed by atoms with van der Waals surface area (Å²) in [4.78, 5) is 8.78. The van der Waals surface area contributed by atoms with Gasteiger partial charge in [0, 0.05) is 31.1 Å².